The minimum Gasteiger partial charge on any atom is -0.480 e. The molecule has 0 aliphatic rings. The lowest BCUT2D eigenvalue weighted by atomic mass is 9.87. The van der Waals surface area contributed by atoms with E-state index < -0.39 is 23.5 Å². The van der Waals surface area contributed by atoms with Gasteiger partial charge < -0.3 is 15.7 Å². The lowest BCUT2D eigenvalue weighted by Gasteiger charge is -2.27. The van der Waals surface area contributed by atoms with Gasteiger partial charge in [-0.2, -0.15) is 5.10 Å². The van der Waals surface area contributed by atoms with Crippen molar-refractivity contribution in [3.63, 3.8) is 0 Å². The molecule has 1 rings (SSSR count). The first-order chi connectivity index (χ1) is 9.11. The van der Waals surface area contributed by atoms with Crippen molar-refractivity contribution in [2.24, 2.45) is 5.41 Å². The number of urea groups is 1. The van der Waals surface area contributed by atoms with Crippen molar-refractivity contribution in [3.8, 4) is 0 Å². The van der Waals surface area contributed by atoms with Crippen LogP contribution < -0.4 is 10.6 Å². The van der Waals surface area contributed by atoms with Crippen LogP contribution in [0.25, 0.3) is 0 Å². The minimum absolute atomic E-state index is 0.190. The average molecular weight is 282 g/mol. The number of carboxylic acids is 1. The van der Waals surface area contributed by atoms with Gasteiger partial charge in [0.15, 0.2) is 0 Å². The van der Waals surface area contributed by atoms with Crippen LogP contribution in [0.3, 0.4) is 0 Å². The van der Waals surface area contributed by atoms with Crippen molar-refractivity contribution in [2.75, 3.05) is 5.32 Å². The van der Waals surface area contributed by atoms with Gasteiger partial charge in [-0.05, 0) is 19.3 Å². The SMILES string of the molecule is CC(C)n1cc(NC(=O)N[C@H](C(=O)O)C(C)(C)C)cn1. The molecule has 1 heterocycles. The Kier molecular flexibility index (Phi) is 4.75. The van der Waals surface area contributed by atoms with E-state index in [1.807, 2.05) is 13.8 Å². The van der Waals surface area contributed by atoms with Crippen LogP contribution >= 0.6 is 0 Å². The van der Waals surface area contributed by atoms with Crippen LogP contribution in [0, 0.1) is 5.41 Å². The zero-order valence-electron chi connectivity index (χ0n) is 12.5. The van der Waals surface area contributed by atoms with E-state index in [-0.39, 0.29) is 6.04 Å². The number of hydrogen-bond acceptors (Lipinski definition) is 3. The fourth-order valence-electron chi connectivity index (χ4n) is 1.63. The van der Waals surface area contributed by atoms with E-state index in [1.54, 1.807) is 31.6 Å². The Morgan fingerprint density at radius 1 is 1.35 bits per heavy atom. The summed E-state index contributed by atoms with van der Waals surface area (Å²) in [6, 6.07) is -1.34. The highest BCUT2D eigenvalue weighted by molar-refractivity contribution is 5.92. The molecule has 20 heavy (non-hydrogen) atoms. The minimum atomic E-state index is -1.06. The molecule has 0 aliphatic carbocycles. The number of nitrogens with zero attached hydrogens (tertiary/aromatic N) is 2. The summed E-state index contributed by atoms with van der Waals surface area (Å²) in [7, 11) is 0. The molecule has 0 bridgehead atoms. The number of hydrogen-bond donors (Lipinski definition) is 3. The van der Waals surface area contributed by atoms with E-state index in [2.05, 4.69) is 15.7 Å². The second kappa shape index (κ2) is 5.94. The third kappa shape index (κ3) is 4.25. The normalized spacial score (nSPS) is 13.1. The summed E-state index contributed by atoms with van der Waals surface area (Å²) in [4.78, 5) is 23.0. The molecule has 0 aliphatic heterocycles. The van der Waals surface area contributed by atoms with Crippen LogP contribution in [0.5, 0.6) is 0 Å². The number of carboxylic acid groups (broad SMARTS) is 1. The Bertz CT molecular complexity index is 488. The highest BCUT2D eigenvalue weighted by atomic mass is 16.4. The quantitative estimate of drug-likeness (QED) is 0.787. The molecule has 0 aromatic carbocycles. The molecular weight excluding hydrogens is 260 g/mol. The van der Waals surface area contributed by atoms with Gasteiger partial charge in [-0.15, -0.1) is 0 Å². The Morgan fingerprint density at radius 2 is 1.95 bits per heavy atom. The molecule has 0 saturated heterocycles. The summed E-state index contributed by atoms with van der Waals surface area (Å²) in [5.41, 5.74) is -0.0556. The van der Waals surface area contributed by atoms with E-state index in [1.165, 1.54) is 6.20 Å². The summed E-state index contributed by atoms with van der Waals surface area (Å²) >= 11 is 0. The molecule has 7 nitrogen and oxygen atoms in total. The Hall–Kier alpha value is -2.05. The lowest BCUT2D eigenvalue weighted by Crippen LogP contribution is -2.50. The molecule has 1 aromatic rings. The molecule has 112 valence electrons. The second-order valence-electron chi connectivity index (χ2n) is 6.04. The molecule has 0 unspecified atom stereocenters. The van der Waals surface area contributed by atoms with Crippen molar-refractivity contribution in [1.82, 2.24) is 15.1 Å². The second-order valence-corrected chi connectivity index (χ2v) is 6.04. The van der Waals surface area contributed by atoms with Crippen molar-refractivity contribution in [3.05, 3.63) is 12.4 Å². The highest BCUT2D eigenvalue weighted by Gasteiger charge is 2.32. The van der Waals surface area contributed by atoms with Gasteiger partial charge in [0.05, 0.1) is 11.9 Å². The number of rotatable bonds is 4. The van der Waals surface area contributed by atoms with Gasteiger partial charge in [0.2, 0.25) is 0 Å². The van der Waals surface area contributed by atoms with E-state index in [0.29, 0.717) is 5.69 Å². The number of nitrogens with one attached hydrogen (secondary N) is 2. The number of amides is 2. The van der Waals surface area contributed by atoms with Crippen LogP contribution in [0.2, 0.25) is 0 Å². The monoisotopic (exact) mass is 282 g/mol. The topological polar surface area (TPSA) is 96.2 Å². The van der Waals surface area contributed by atoms with Gasteiger partial charge in [0.25, 0.3) is 0 Å². The predicted octanol–water partition coefficient (Wildman–Crippen LogP) is 2.08. The van der Waals surface area contributed by atoms with Crippen LogP contribution in [-0.2, 0) is 4.79 Å². The first-order valence-electron chi connectivity index (χ1n) is 6.45. The third-order valence-electron chi connectivity index (χ3n) is 2.78. The molecule has 0 saturated carbocycles. The van der Waals surface area contributed by atoms with E-state index in [9.17, 15) is 9.59 Å². The molecular formula is C13H22N4O3. The Labute approximate surface area is 118 Å². The van der Waals surface area contributed by atoms with Gasteiger partial charge >= 0.3 is 12.0 Å². The third-order valence-corrected chi connectivity index (χ3v) is 2.78. The van der Waals surface area contributed by atoms with E-state index >= 15 is 0 Å². The van der Waals surface area contributed by atoms with Crippen LogP contribution in [0.1, 0.15) is 40.7 Å². The zero-order chi connectivity index (χ0) is 15.5. The number of carbonyl (C=O) groups is 2. The van der Waals surface area contributed by atoms with E-state index in [0.717, 1.165) is 0 Å². The number of aliphatic carboxylic acids is 1. The summed E-state index contributed by atoms with van der Waals surface area (Å²) in [6.45, 7) is 9.20. The van der Waals surface area contributed by atoms with Crippen molar-refractivity contribution in [2.45, 2.75) is 46.7 Å². The maximum Gasteiger partial charge on any atom is 0.326 e. The summed E-state index contributed by atoms with van der Waals surface area (Å²) in [6.07, 6.45) is 3.21. The molecule has 0 fully saturated rings. The van der Waals surface area contributed by atoms with Gasteiger partial charge in [0, 0.05) is 12.2 Å². The molecule has 1 aromatic heterocycles. The standard InChI is InChI=1S/C13H22N4O3/c1-8(2)17-7-9(6-14-17)15-12(20)16-10(11(18)19)13(3,4)5/h6-8,10H,1-5H3,(H,18,19)(H2,15,16,20)/t10-/m1/s1. The molecule has 3 N–H and O–H groups in total. The van der Waals surface area contributed by atoms with Gasteiger partial charge in [-0.3, -0.25) is 4.68 Å². The fourth-order valence-corrected chi connectivity index (χ4v) is 1.63. The Balaban J connectivity index is 2.68. The molecule has 0 spiro atoms. The Morgan fingerprint density at radius 3 is 2.35 bits per heavy atom. The maximum atomic E-state index is 11.8. The van der Waals surface area contributed by atoms with Crippen molar-refractivity contribution in [1.29, 1.82) is 0 Å². The maximum absolute atomic E-state index is 11.8. The summed E-state index contributed by atoms with van der Waals surface area (Å²) < 4.78 is 1.70. The summed E-state index contributed by atoms with van der Waals surface area (Å²) in [5, 5.41) is 18.3. The smallest absolute Gasteiger partial charge is 0.326 e. The first kappa shape index (κ1) is 16.0. The number of carbonyl (C=O) groups excluding carboxylic acids is 1. The van der Waals surface area contributed by atoms with E-state index in [4.69, 9.17) is 5.11 Å². The van der Waals surface area contributed by atoms with Crippen LogP contribution in [0.4, 0.5) is 10.5 Å². The molecule has 7 heteroatoms. The van der Waals surface area contributed by atoms with Gasteiger partial charge in [0.1, 0.15) is 6.04 Å². The lowest BCUT2D eigenvalue weighted by molar-refractivity contribution is -0.141. The number of aromatic nitrogens is 2. The van der Waals surface area contributed by atoms with Crippen molar-refractivity contribution >= 4 is 17.7 Å². The fraction of sp³-hybridized carbons (Fsp3) is 0.615. The largest absolute Gasteiger partial charge is 0.480 e. The van der Waals surface area contributed by atoms with Gasteiger partial charge in [-0.1, -0.05) is 20.8 Å². The number of anilines is 1. The predicted molar refractivity (Wildman–Crippen MR) is 75.6 cm³/mol. The highest BCUT2D eigenvalue weighted by Crippen LogP contribution is 2.19. The summed E-state index contributed by atoms with van der Waals surface area (Å²) in [5.74, 6) is -1.06. The molecule has 0 radical (unpaired) electrons. The van der Waals surface area contributed by atoms with Crippen LogP contribution in [0.15, 0.2) is 12.4 Å². The molecule has 1 atom stereocenters. The van der Waals surface area contributed by atoms with Crippen LogP contribution in [-0.4, -0.2) is 32.9 Å². The first-order valence-corrected chi connectivity index (χ1v) is 6.45. The average Bonchev–Trinajstić information content (AvgIpc) is 2.72. The zero-order valence-corrected chi connectivity index (χ0v) is 12.5. The molecule has 2 amide bonds. The van der Waals surface area contributed by atoms with Gasteiger partial charge in [-0.25, -0.2) is 9.59 Å². The van der Waals surface area contributed by atoms with Crippen molar-refractivity contribution < 1.29 is 14.7 Å².